The molecule has 1 aromatic heterocycles. The molecule has 0 atom stereocenters. The van der Waals surface area contributed by atoms with Crippen molar-refractivity contribution in [2.45, 2.75) is 53.7 Å². The molecule has 1 amide bonds. The molecular weight excluding hydrogens is 288 g/mol. The van der Waals surface area contributed by atoms with Crippen molar-refractivity contribution in [1.82, 2.24) is 4.57 Å². The second-order valence-corrected chi connectivity index (χ2v) is 6.10. The summed E-state index contributed by atoms with van der Waals surface area (Å²) in [4.78, 5) is 34.8. The van der Waals surface area contributed by atoms with Gasteiger partial charge in [-0.2, -0.15) is 0 Å². The zero-order chi connectivity index (χ0) is 17.2. The first kappa shape index (κ1) is 17.7. The third-order valence-electron chi connectivity index (χ3n) is 3.02. The van der Waals surface area contributed by atoms with Crippen LogP contribution < -0.4 is 5.32 Å². The Balaban J connectivity index is 3.45. The van der Waals surface area contributed by atoms with E-state index in [1.807, 2.05) is 0 Å². The van der Waals surface area contributed by atoms with Crippen LogP contribution >= 0.6 is 0 Å². The second-order valence-electron chi connectivity index (χ2n) is 6.10. The number of anilines is 1. The van der Waals surface area contributed by atoms with Crippen molar-refractivity contribution >= 4 is 23.7 Å². The number of amides is 1. The fraction of sp³-hybridized carbons (Fsp3) is 0.533. The Labute approximate surface area is 129 Å². The Hall–Kier alpha value is -2.31. The molecule has 0 radical (unpaired) electrons. The van der Waals surface area contributed by atoms with Gasteiger partial charge < -0.3 is 19.7 Å². The highest BCUT2D eigenvalue weighted by molar-refractivity contribution is 6.02. The molecule has 0 aliphatic rings. The van der Waals surface area contributed by atoms with E-state index in [9.17, 15) is 14.4 Å². The van der Waals surface area contributed by atoms with Gasteiger partial charge >= 0.3 is 11.9 Å². The summed E-state index contributed by atoms with van der Waals surface area (Å²) in [5, 5.41) is 11.6. The number of esters is 1. The molecule has 7 nitrogen and oxygen atoms in total. The predicted octanol–water partition coefficient (Wildman–Crippen LogP) is 2.10. The quantitative estimate of drug-likeness (QED) is 0.830. The molecule has 22 heavy (non-hydrogen) atoms. The number of rotatable bonds is 4. The molecule has 0 saturated carbocycles. The fourth-order valence-corrected chi connectivity index (χ4v) is 2.07. The minimum absolute atomic E-state index is 0.152. The highest BCUT2D eigenvalue weighted by Crippen LogP contribution is 2.29. The smallest absolute Gasteiger partial charge is 0.342 e. The van der Waals surface area contributed by atoms with Crippen LogP contribution in [0, 0.1) is 13.8 Å². The number of carbonyl (C=O) groups excluding carboxylic acids is 2. The predicted molar refractivity (Wildman–Crippen MR) is 81.0 cm³/mol. The molecule has 7 heteroatoms. The summed E-state index contributed by atoms with van der Waals surface area (Å²) in [6.45, 7) is 9.53. The van der Waals surface area contributed by atoms with E-state index in [1.54, 1.807) is 34.6 Å². The molecule has 0 unspecified atom stereocenters. The van der Waals surface area contributed by atoms with Crippen molar-refractivity contribution in [2.24, 2.45) is 0 Å². The van der Waals surface area contributed by atoms with E-state index in [1.165, 1.54) is 11.5 Å². The lowest BCUT2D eigenvalue weighted by atomic mass is 10.1. The Kier molecular flexibility index (Phi) is 5.01. The van der Waals surface area contributed by atoms with Gasteiger partial charge in [0.2, 0.25) is 5.91 Å². The highest BCUT2D eigenvalue weighted by Gasteiger charge is 2.28. The van der Waals surface area contributed by atoms with Crippen molar-refractivity contribution in [3.8, 4) is 0 Å². The summed E-state index contributed by atoms with van der Waals surface area (Å²) >= 11 is 0. The van der Waals surface area contributed by atoms with Crippen LogP contribution in [0.5, 0.6) is 0 Å². The Morgan fingerprint density at radius 2 is 1.77 bits per heavy atom. The molecule has 0 fully saturated rings. The van der Waals surface area contributed by atoms with E-state index in [4.69, 9.17) is 9.84 Å². The van der Waals surface area contributed by atoms with Crippen LogP contribution in [0.25, 0.3) is 0 Å². The van der Waals surface area contributed by atoms with Gasteiger partial charge in [-0.25, -0.2) is 4.79 Å². The molecule has 1 rings (SSSR count). The minimum Gasteiger partial charge on any atom is -0.480 e. The van der Waals surface area contributed by atoms with Crippen molar-refractivity contribution in [1.29, 1.82) is 0 Å². The number of hydrogen-bond donors (Lipinski definition) is 2. The van der Waals surface area contributed by atoms with E-state index in [-0.39, 0.29) is 17.9 Å². The molecule has 0 spiro atoms. The molecular formula is C15H22N2O5. The number of hydrogen-bond acceptors (Lipinski definition) is 4. The van der Waals surface area contributed by atoms with Gasteiger partial charge in [-0.15, -0.1) is 0 Å². The molecule has 1 heterocycles. The second kappa shape index (κ2) is 6.21. The van der Waals surface area contributed by atoms with Crippen LogP contribution in [0.4, 0.5) is 5.82 Å². The minimum atomic E-state index is -1.07. The van der Waals surface area contributed by atoms with Crippen molar-refractivity contribution in [3.05, 3.63) is 16.8 Å². The number of aliphatic carboxylic acids is 1. The van der Waals surface area contributed by atoms with Gasteiger partial charge in [0.1, 0.15) is 23.5 Å². The highest BCUT2D eigenvalue weighted by atomic mass is 16.6. The SMILES string of the molecule is CC(=O)Nc1c(C(=O)OC(C)(C)C)c(C)c(C)n1CC(=O)O. The number of carboxylic acid groups (broad SMARTS) is 1. The average Bonchev–Trinajstić information content (AvgIpc) is 2.50. The molecule has 0 aliphatic heterocycles. The monoisotopic (exact) mass is 310 g/mol. The topological polar surface area (TPSA) is 97.6 Å². The summed E-state index contributed by atoms with van der Waals surface area (Å²) in [5.74, 6) is -1.91. The average molecular weight is 310 g/mol. The van der Waals surface area contributed by atoms with E-state index >= 15 is 0 Å². The molecule has 0 aromatic carbocycles. The Morgan fingerprint density at radius 3 is 2.18 bits per heavy atom. The first-order valence-electron chi connectivity index (χ1n) is 6.86. The fourth-order valence-electron chi connectivity index (χ4n) is 2.07. The number of ether oxygens (including phenoxy) is 1. The van der Waals surface area contributed by atoms with Gasteiger partial charge in [-0.1, -0.05) is 0 Å². The lowest BCUT2D eigenvalue weighted by Crippen LogP contribution is -2.25. The standard InChI is InChI=1S/C15H22N2O5/c1-8-9(2)17(7-11(19)20)13(16-10(3)18)12(8)14(21)22-15(4,5)6/h7H2,1-6H3,(H,16,18)(H,19,20). The number of carboxylic acids is 1. The summed E-state index contributed by atoms with van der Waals surface area (Å²) in [5.41, 5.74) is 0.662. The number of carbonyl (C=O) groups is 3. The van der Waals surface area contributed by atoms with Crippen LogP contribution in [-0.2, 0) is 20.9 Å². The zero-order valence-corrected chi connectivity index (χ0v) is 13.7. The Morgan fingerprint density at radius 1 is 1.23 bits per heavy atom. The van der Waals surface area contributed by atoms with Gasteiger partial charge in [0.15, 0.2) is 0 Å². The lowest BCUT2D eigenvalue weighted by Gasteiger charge is -2.20. The molecule has 0 bridgehead atoms. The van der Waals surface area contributed by atoms with Gasteiger partial charge in [0, 0.05) is 12.6 Å². The van der Waals surface area contributed by atoms with Crippen molar-refractivity contribution < 1.29 is 24.2 Å². The van der Waals surface area contributed by atoms with Gasteiger partial charge in [-0.05, 0) is 40.2 Å². The van der Waals surface area contributed by atoms with Gasteiger partial charge in [0.05, 0.1) is 0 Å². The molecule has 122 valence electrons. The van der Waals surface area contributed by atoms with Gasteiger partial charge in [0.25, 0.3) is 0 Å². The van der Waals surface area contributed by atoms with Crippen molar-refractivity contribution in [3.63, 3.8) is 0 Å². The summed E-state index contributed by atoms with van der Waals surface area (Å²) in [6, 6.07) is 0. The number of nitrogens with one attached hydrogen (secondary N) is 1. The van der Waals surface area contributed by atoms with Crippen LogP contribution in [-0.4, -0.2) is 33.1 Å². The number of nitrogens with zero attached hydrogens (tertiary/aromatic N) is 1. The normalized spacial score (nSPS) is 11.2. The van der Waals surface area contributed by atoms with Crippen LogP contribution in [0.1, 0.15) is 49.3 Å². The Bertz CT molecular complexity index is 623. The summed E-state index contributed by atoms with van der Waals surface area (Å²) < 4.78 is 6.74. The van der Waals surface area contributed by atoms with E-state index in [0.717, 1.165) is 0 Å². The van der Waals surface area contributed by atoms with E-state index in [2.05, 4.69) is 5.32 Å². The molecule has 0 saturated heterocycles. The van der Waals surface area contributed by atoms with Crippen molar-refractivity contribution in [2.75, 3.05) is 5.32 Å². The van der Waals surface area contributed by atoms with E-state index < -0.39 is 23.4 Å². The first-order chi connectivity index (χ1) is 9.94. The maximum absolute atomic E-state index is 12.4. The number of aromatic nitrogens is 1. The lowest BCUT2D eigenvalue weighted by molar-refractivity contribution is -0.137. The largest absolute Gasteiger partial charge is 0.480 e. The van der Waals surface area contributed by atoms with Crippen LogP contribution in [0.3, 0.4) is 0 Å². The van der Waals surface area contributed by atoms with Crippen LogP contribution in [0.15, 0.2) is 0 Å². The molecule has 2 N–H and O–H groups in total. The summed E-state index contributed by atoms with van der Waals surface area (Å²) in [7, 11) is 0. The molecule has 1 aromatic rings. The zero-order valence-electron chi connectivity index (χ0n) is 13.7. The first-order valence-corrected chi connectivity index (χ1v) is 6.86. The maximum Gasteiger partial charge on any atom is 0.342 e. The third kappa shape index (κ3) is 4.09. The van der Waals surface area contributed by atoms with E-state index in [0.29, 0.717) is 11.3 Å². The van der Waals surface area contributed by atoms with Gasteiger partial charge in [-0.3, -0.25) is 9.59 Å². The van der Waals surface area contributed by atoms with Crippen LogP contribution in [0.2, 0.25) is 0 Å². The molecule has 0 aliphatic carbocycles. The maximum atomic E-state index is 12.4. The summed E-state index contributed by atoms with van der Waals surface area (Å²) in [6.07, 6.45) is 0. The third-order valence-corrected chi connectivity index (χ3v) is 3.02.